The predicted octanol–water partition coefficient (Wildman–Crippen LogP) is 1.32. The maximum absolute atomic E-state index is 13.0. The van der Waals surface area contributed by atoms with Crippen molar-refractivity contribution in [1.29, 1.82) is 0 Å². The Labute approximate surface area is 139 Å². The normalized spacial score (nSPS) is 26.3. The number of carboxylic acids is 1. The maximum Gasteiger partial charge on any atom is 0.325 e. The molecule has 1 N–H and O–H groups in total. The van der Waals surface area contributed by atoms with Crippen LogP contribution in [0.5, 0.6) is 0 Å². The first-order chi connectivity index (χ1) is 11.3. The monoisotopic (exact) mass is 347 g/mol. The van der Waals surface area contributed by atoms with Gasteiger partial charge in [-0.1, -0.05) is 30.3 Å². The molecule has 0 radical (unpaired) electrons. The lowest BCUT2D eigenvalue weighted by Crippen LogP contribution is -2.54. The fourth-order valence-electron chi connectivity index (χ4n) is 3.80. The zero-order chi connectivity index (χ0) is 17.1. The number of sulfonamides is 1. The fraction of sp³-hybridized carbons (Fsp3) is 0.375. The van der Waals surface area contributed by atoms with Crippen LogP contribution in [0.25, 0.3) is 11.3 Å². The molecular weight excluding hydrogens is 330 g/mol. The van der Waals surface area contributed by atoms with Crippen molar-refractivity contribution >= 4 is 16.0 Å². The molecule has 7 nitrogen and oxygen atoms in total. The van der Waals surface area contributed by atoms with Crippen LogP contribution in [-0.2, 0) is 21.9 Å². The van der Waals surface area contributed by atoms with E-state index >= 15 is 0 Å². The lowest BCUT2D eigenvalue weighted by molar-refractivity contribution is -0.150. The van der Waals surface area contributed by atoms with Crippen molar-refractivity contribution < 1.29 is 18.3 Å². The van der Waals surface area contributed by atoms with Gasteiger partial charge in [-0.15, -0.1) is 0 Å². The summed E-state index contributed by atoms with van der Waals surface area (Å²) >= 11 is 0. The van der Waals surface area contributed by atoms with Gasteiger partial charge in [-0.2, -0.15) is 9.40 Å². The Morgan fingerprint density at radius 1 is 1.29 bits per heavy atom. The Kier molecular flexibility index (Phi) is 3.14. The lowest BCUT2D eigenvalue weighted by atomic mass is 9.74. The molecule has 0 amide bonds. The number of hydrogen-bond acceptors (Lipinski definition) is 4. The third-order valence-corrected chi connectivity index (χ3v) is 7.00. The summed E-state index contributed by atoms with van der Waals surface area (Å²) in [7, 11) is -2.35. The highest BCUT2D eigenvalue weighted by Gasteiger charge is 2.65. The van der Waals surface area contributed by atoms with Crippen LogP contribution in [-0.4, -0.2) is 45.7 Å². The van der Waals surface area contributed by atoms with Crippen molar-refractivity contribution in [3.05, 3.63) is 36.4 Å². The molecule has 2 aromatic rings. The molecule has 5 rings (SSSR count). The maximum atomic E-state index is 13.0. The van der Waals surface area contributed by atoms with Crippen LogP contribution in [0.1, 0.15) is 12.8 Å². The first-order valence-electron chi connectivity index (χ1n) is 7.70. The van der Waals surface area contributed by atoms with Gasteiger partial charge in [0, 0.05) is 25.2 Å². The Morgan fingerprint density at radius 3 is 2.58 bits per heavy atom. The molecule has 8 heteroatoms. The van der Waals surface area contributed by atoms with Gasteiger partial charge >= 0.3 is 5.97 Å². The van der Waals surface area contributed by atoms with Crippen molar-refractivity contribution in [1.82, 2.24) is 14.1 Å². The van der Waals surface area contributed by atoms with Gasteiger partial charge in [0.1, 0.15) is 5.54 Å². The highest BCUT2D eigenvalue weighted by Crippen LogP contribution is 2.52. The van der Waals surface area contributed by atoms with E-state index in [0.717, 1.165) is 9.87 Å². The zero-order valence-corrected chi connectivity index (χ0v) is 13.9. The Balaban J connectivity index is 1.76. The number of benzene rings is 1. The molecule has 1 saturated carbocycles. The average Bonchev–Trinajstić information content (AvgIpc) is 3.18. The lowest BCUT2D eigenvalue weighted by Gasteiger charge is -2.37. The van der Waals surface area contributed by atoms with Crippen LogP contribution in [0.15, 0.2) is 41.4 Å². The number of nitrogens with zero attached hydrogens (tertiary/aromatic N) is 3. The standard InChI is InChI=1S/C16H17N3O4S/c1-18-14(7-13(17-18)12-5-3-2-4-6-12)24(22,23)19-10-11-8-16(19,9-11)15(20)21/h2-7,11H,8-10H2,1H3,(H,20,21). The molecule has 0 spiro atoms. The molecule has 24 heavy (non-hydrogen) atoms. The Hall–Kier alpha value is -2.19. The third-order valence-electron chi connectivity index (χ3n) is 5.01. The highest BCUT2D eigenvalue weighted by atomic mass is 32.2. The quantitative estimate of drug-likeness (QED) is 0.900. The van der Waals surface area contributed by atoms with Gasteiger partial charge in [0.15, 0.2) is 5.03 Å². The fourth-order valence-corrected chi connectivity index (χ4v) is 5.76. The molecule has 1 aromatic carbocycles. The van der Waals surface area contributed by atoms with E-state index in [2.05, 4.69) is 5.10 Å². The van der Waals surface area contributed by atoms with Gasteiger partial charge in [0.25, 0.3) is 10.0 Å². The second-order valence-electron chi connectivity index (χ2n) is 6.50. The number of aromatic nitrogens is 2. The number of carbonyl (C=O) groups is 1. The van der Waals surface area contributed by atoms with Crippen LogP contribution in [0.3, 0.4) is 0 Å². The minimum atomic E-state index is -3.91. The van der Waals surface area contributed by atoms with Crippen molar-refractivity contribution in [2.75, 3.05) is 6.54 Å². The van der Waals surface area contributed by atoms with Gasteiger partial charge in [0.2, 0.25) is 0 Å². The Morgan fingerprint density at radius 2 is 1.96 bits per heavy atom. The van der Waals surface area contributed by atoms with Gasteiger partial charge in [0.05, 0.1) is 5.69 Å². The van der Waals surface area contributed by atoms with Gasteiger partial charge in [-0.05, 0) is 18.8 Å². The molecule has 2 bridgehead atoms. The molecule has 3 heterocycles. The smallest absolute Gasteiger partial charge is 0.325 e. The molecule has 0 unspecified atom stereocenters. The number of aliphatic carboxylic acids is 1. The van der Waals surface area contributed by atoms with Gasteiger partial charge in [-0.3, -0.25) is 9.48 Å². The molecule has 3 fully saturated rings. The van der Waals surface area contributed by atoms with Crippen molar-refractivity contribution in [3.63, 3.8) is 0 Å². The van der Waals surface area contributed by atoms with Crippen molar-refractivity contribution in [2.45, 2.75) is 23.4 Å². The second-order valence-corrected chi connectivity index (χ2v) is 8.31. The zero-order valence-electron chi connectivity index (χ0n) is 13.1. The first kappa shape index (κ1) is 15.3. The number of aryl methyl sites for hydroxylation is 1. The van der Waals surface area contributed by atoms with Crippen molar-refractivity contribution in [2.24, 2.45) is 13.0 Å². The van der Waals surface area contributed by atoms with Crippen LogP contribution in [0.4, 0.5) is 0 Å². The molecule has 1 aliphatic carbocycles. The number of rotatable bonds is 4. The average molecular weight is 347 g/mol. The van der Waals surface area contributed by atoms with Crippen LogP contribution in [0.2, 0.25) is 0 Å². The summed E-state index contributed by atoms with van der Waals surface area (Å²) in [6.45, 7) is 0.264. The summed E-state index contributed by atoms with van der Waals surface area (Å²) < 4.78 is 28.6. The topological polar surface area (TPSA) is 92.5 Å². The molecule has 2 aliphatic heterocycles. The van der Waals surface area contributed by atoms with E-state index in [0.29, 0.717) is 18.5 Å². The van der Waals surface area contributed by atoms with E-state index in [1.807, 2.05) is 30.3 Å². The number of hydrogen-bond donors (Lipinski definition) is 1. The molecule has 1 aromatic heterocycles. The predicted molar refractivity (Wildman–Crippen MR) is 85.6 cm³/mol. The van der Waals surface area contributed by atoms with Gasteiger partial charge < -0.3 is 5.11 Å². The summed E-state index contributed by atoms with van der Waals surface area (Å²) in [5, 5.41) is 13.8. The summed E-state index contributed by atoms with van der Waals surface area (Å²) in [6.07, 6.45) is 0.788. The molecule has 0 atom stereocenters. The first-order valence-corrected chi connectivity index (χ1v) is 9.14. The summed E-state index contributed by atoms with van der Waals surface area (Å²) in [5.74, 6) is -0.928. The van der Waals surface area contributed by atoms with E-state index < -0.39 is 21.5 Å². The van der Waals surface area contributed by atoms with Crippen LogP contribution in [0, 0.1) is 5.92 Å². The SMILES string of the molecule is Cn1nc(-c2ccccc2)cc1S(=O)(=O)N1CC2CC1(C(=O)O)C2. The third kappa shape index (κ3) is 1.96. The van der Waals surface area contributed by atoms with Crippen LogP contribution < -0.4 is 0 Å². The highest BCUT2D eigenvalue weighted by molar-refractivity contribution is 7.89. The van der Waals surface area contributed by atoms with E-state index in [4.69, 9.17) is 0 Å². The molecule has 3 aliphatic rings. The summed E-state index contributed by atoms with van der Waals surface area (Å²) in [6, 6.07) is 10.8. The van der Waals surface area contributed by atoms with E-state index in [1.54, 1.807) is 7.05 Å². The summed E-state index contributed by atoms with van der Waals surface area (Å²) in [5.41, 5.74) is 0.0848. The minimum Gasteiger partial charge on any atom is -0.480 e. The molecule has 126 valence electrons. The molecule has 2 saturated heterocycles. The largest absolute Gasteiger partial charge is 0.480 e. The second kappa shape index (κ2) is 4.90. The number of carboxylic acid groups (broad SMARTS) is 1. The van der Waals surface area contributed by atoms with Gasteiger partial charge in [-0.25, -0.2) is 8.42 Å². The number of fused-ring (bicyclic) bond motifs is 1. The van der Waals surface area contributed by atoms with E-state index in [1.165, 1.54) is 10.7 Å². The Bertz CT molecular complexity index is 914. The summed E-state index contributed by atoms with van der Waals surface area (Å²) in [4.78, 5) is 11.6. The minimum absolute atomic E-state index is 0.0227. The van der Waals surface area contributed by atoms with E-state index in [-0.39, 0.29) is 17.5 Å². The van der Waals surface area contributed by atoms with E-state index in [9.17, 15) is 18.3 Å². The van der Waals surface area contributed by atoms with Crippen molar-refractivity contribution in [3.8, 4) is 11.3 Å². The van der Waals surface area contributed by atoms with Crippen LogP contribution >= 0.6 is 0 Å². The molecular formula is C16H17N3O4S.